The quantitative estimate of drug-likeness (QED) is 0.714. The Bertz CT molecular complexity index is 839. The second-order valence-corrected chi connectivity index (χ2v) is 8.35. The molecule has 0 saturated carbocycles. The number of amides is 2. The van der Waals surface area contributed by atoms with E-state index in [0.29, 0.717) is 51.1 Å². The molecule has 0 radical (unpaired) electrons. The van der Waals surface area contributed by atoms with E-state index in [1.165, 1.54) is 0 Å². The number of carbonyl (C=O) groups excluding carboxylic acids is 2. The van der Waals surface area contributed by atoms with Gasteiger partial charge in [0, 0.05) is 43.0 Å². The lowest BCUT2D eigenvalue weighted by Gasteiger charge is -2.36. The highest BCUT2D eigenvalue weighted by molar-refractivity contribution is 7.08. The van der Waals surface area contributed by atoms with Gasteiger partial charge < -0.3 is 19.0 Å². The standard InChI is InChI=1S/C20H27N5O4S/c1-2-28-20(27)25-10-8-24(9-11-25)17(26)13-23-6-3-15(4-7-23)18-21-22-19(29-18)16-5-12-30-14-16/h5,12,14-15H,2-4,6-11,13H2,1H3. The number of carbonyl (C=O) groups is 2. The fraction of sp³-hybridized carbons (Fsp3) is 0.600. The predicted octanol–water partition coefficient (Wildman–Crippen LogP) is 2.28. The Hall–Kier alpha value is -2.46. The van der Waals surface area contributed by atoms with Crippen LogP contribution in [0.5, 0.6) is 0 Å². The van der Waals surface area contributed by atoms with Crippen molar-refractivity contribution in [1.29, 1.82) is 0 Å². The molecule has 2 aromatic heterocycles. The summed E-state index contributed by atoms with van der Waals surface area (Å²) in [6, 6.07) is 1.97. The largest absolute Gasteiger partial charge is 0.450 e. The molecule has 2 aliphatic heterocycles. The molecule has 30 heavy (non-hydrogen) atoms. The first-order valence-corrected chi connectivity index (χ1v) is 11.4. The number of piperidine rings is 1. The Morgan fingerprint density at radius 1 is 1.13 bits per heavy atom. The molecular weight excluding hydrogens is 406 g/mol. The van der Waals surface area contributed by atoms with Crippen molar-refractivity contribution in [3.05, 3.63) is 22.7 Å². The minimum absolute atomic E-state index is 0.120. The van der Waals surface area contributed by atoms with E-state index >= 15 is 0 Å². The molecule has 0 N–H and O–H groups in total. The van der Waals surface area contributed by atoms with Crippen LogP contribution in [-0.4, -0.2) is 89.3 Å². The molecule has 0 atom stereocenters. The van der Waals surface area contributed by atoms with Crippen LogP contribution < -0.4 is 0 Å². The van der Waals surface area contributed by atoms with Crippen molar-refractivity contribution in [2.45, 2.75) is 25.7 Å². The summed E-state index contributed by atoms with van der Waals surface area (Å²) in [6.45, 7) is 6.39. The first-order chi connectivity index (χ1) is 14.6. The molecule has 0 aliphatic carbocycles. The van der Waals surface area contributed by atoms with Gasteiger partial charge in [-0.15, -0.1) is 10.2 Å². The molecule has 2 aromatic rings. The molecule has 10 heteroatoms. The molecule has 2 saturated heterocycles. The summed E-state index contributed by atoms with van der Waals surface area (Å²) in [5, 5.41) is 12.4. The maximum absolute atomic E-state index is 12.7. The SMILES string of the molecule is CCOC(=O)N1CCN(C(=O)CN2CCC(c3nnc(-c4ccsc4)o3)CC2)CC1. The predicted molar refractivity (Wildman–Crippen MR) is 111 cm³/mol. The van der Waals surface area contributed by atoms with Gasteiger partial charge in [0.05, 0.1) is 13.2 Å². The number of thiophene rings is 1. The van der Waals surface area contributed by atoms with Gasteiger partial charge in [-0.2, -0.15) is 11.3 Å². The summed E-state index contributed by atoms with van der Waals surface area (Å²) in [5.74, 6) is 1.63. The van der Waals surface area contributed by atoms with Gasteiger partial charge in [-0.1, -0.05) is 0 Å². The first kappa shape index (κ1) is 20.8. The number of hydrogen-bond donors (Lipinski definition) is 0. The number of rotatable bonds is 5. The fourth-order valence-electron chi connectivity index (χ4n) is 3.88. The van der Waals surface area contributed by atoms with Crippen molar-refractivity contribution in [2.75, 3.05) is 52.4 Å². The third-order valence-corrected chi connectivity index (χ3v) is 6.35. The van der Waals surface area contributed by atoms with Gasteiger partial charge in [-0.05, 0) is 44.3 Å². The lowest BCUT2D eigenvalue weighted by Crippen LogP contribution is -2.53. The monoisotopic (exact) mass is 433 g/mol. The minimum Gasteiger partial charge on any atom is -0.450 e. The van der Waals surface area contributed by atoms with Crippen molar-refractivity contribution in [1.82, 2.24) is 24.9 Å². The zero-order valence-electron chi connectivity index (χ0n) is 17.2. The normalized spacial score (nSPS) is 18.6. The lowest BCUT2D eigenvalue weighted by molar-refractivity contribution is -0.134. The Morgan fingerprint density at radius 3 is 2.53 bits per heavy atom. The summed E-state index contributed by atoms with van der Waals surface area (Å²) in [7, 11) is 0. The van der Waals surface area contributed by atoms with Crippen LogP contribution in [0.3, 0.4) is 0 Å². The maximum Gasteiger partial charge on any atom is 0.409 e. The number of ether oxygens (including phenoxy) is 1. The third-order valence-electron chi connectivity index (χ3n) is 5.66. The fourth-order valence-corrected chi connectivity index (χ4v) is 4.51. The molecule has 0 spiro atoms. The van der Waals surface area contributed by atoms with Gasteiger partial charge in [0.25, 0.3) is 0 Å². The molecule has 2 fully saturated rings. The highest BCUT2D eigenvalue weighted by Crippen LogP contribution is 2.29. The summed E-state index contributed by atoms with van der Waals surface area (Å²) in [5.41, 5.74) is 0.963. The van der Waals surface area contributed by atoms with E-state index < -0.39 is 0 Å². The molecular formula is C20H27N5O4S. The van der Waals surface area contributed by atoms with Gasteiger partial charge >= 0.3 is 6.09 Å². The second kappa shape index (κ2) is 9.57. The molecule has 4 heterocycles. The highest BCUT2D eigenvalue weighted by atomic mass is 32.1. The highest BCUT2D eigenvalue weighted by Gasteiger charge is 2.29. The van der Waals surface area contributed by atoms with Crippen LogP contribution in [0.25, 0.3) is 11.5 Å². The van der Waals surface area contributed by atoms with E-state index in [4.69, 9.17) is 9.15 Å². The van der Waals surface area contributed by atoms with Crippen LogP contribution in [0.2, 0.25) is 0 Å². The van der Waals surface area contributed by atoms with Gasteiger partial charge in [0.1, 0.15) is 0 Å². The summed E-state index contributed by atoms with van der Waals surface area (Å²) in [4.78, 5) is 30.1. The van der Waals surface area contributed by atoms with Gasteiger partial charge in [0.2, 0.25) is 17.7 Å². The van der Waals surface area contributed by atoms with Gasteiger partial charge in [-0.25, -0.2) is 4.79 Å². The average Bonchev–Trinajstić information content (AvgIpc) is 3.46. The first-order valence-electron chi connectivity index (χ1n) is 10.4. The van der Waals surface area contributed by atoms with Crippen molar-refractivity contribution < 1.29 is 18.7 Å². The molecule has 4 rings (SSSR count). The topological polar surface area (TPSA) is 92.0 Å². The minimum atomic E-state index is -0.296. The average molecular weight is 434 g/mol. The summed E-state index contributed by atoms with van der Waals surface area (Å²) < 4.78 is 10.9. The van der Waals surface area contributed by atoms with E-state index in [-0.39, 0.29) is 17.9 Å². The van der Waals surface area contributed by atoms with Crippen LogP contribution in [0.15, 0.2) is 21.2 Å². The van der Waals surface area contributed by atoms with Gasteiger partial charge in [0.15, 0.2) is 0 Å². The van der Waals surface area contributed by atoms with E-state index in [2.05, 4.69) is 15.1 Å². The van der Waals surface area contributed by atoms with Crippen LogP contribution in [0.1, 0.15) is 31.6 Å². The maximum atomic E-state index is 12.7. The Morgan fingerprint density at radius 2 is 1.87 bits per heavy atom. The zero-order chi connectivity index (χ0) is 20.9. The van der Waals surface area contributed by atoms with E-state index in [1.807, 2.05) is 21.7 Å². The van der Waals surface area contributed by atoms with Crippen LogP contribution in [0.4, 0.5) is 4.79 Å². The number of aromatic nitrogens is 2. The molecule has 162 valence electrons. The van der Waals surface area contributed by atoms with E-state index in [0.717, 1.165) is 31.5 Å². The second-order valence-electron chi connectivity index (χ2n) is 7.57. The smallest absolute Gasteiger partial charge is 0.409 e. The zero-order valence-corrected chi connectivity index (χ0v) is 18.0. The number of piperazine rings is 1. The third kappa shape index (κ3) is 4.81. The number of hydrogen-bond acceptors (Lipinski definition) is 8. The molecule has 0 aromatic carbocycles. The molecule has 2 aliphatic rings. The van der Waals surface area contributed by atoms with Crippen LogP contribution >= 0.6 is 11.3 Å². The Kier molecular flexibility index (Phi) is 6.63. The Labute approximate surface area is 179 Å². The summed E-state index contributed by atoms with van der Waals surface area (Å²) >= 11 is 1.60. The van der Waals surface area contributed by atoms with Crippen molar-refractivity contribution in [2.24, 2.45) is 0 Å². The van der Waals surface area contributed by atoms with Gasteiger partial charge in [-0.3, -0.25) is 9.69 Å². The van der Waals surface area contributed by atoms with Crippen molar-refractivity contribution in [3.8, 4) is 11.5 Å². The summed E-state index contributed by atoms with van der Waals surface area (Å²) in [6.07, 6.45) is 1.50. The van der Waals surface area contributed by atoms with E-state index in [1.54, 1.807) is 23.2 Å². The van der Waals surface area contributed by atoms with Crippen LogP contribution in [0, 0.1) is 0 Å². The lowest BCUT2D eigenvalue weighted by atomic mass is 9.97. The van der Waals surface area contributed by atoms with Crippen molar-refractivity contribution >= 4 is 23.3 Å². The molecule has 0 bridgehead atoms. The van der Waals surface area contributed by atoms with Crippen molar-refractivity contribution in [3.63, 3.8) is 0 Å². The molecule has 9 nitrogen and oxygen atoms in total. The number of nitrogens with zero attached hydrogens (tertiary/aromatic N) is 5. The van der Waals surface area contributed by atoms with E-state index in [9.17, 15) is 9.59 Å². The molecule has 2 amide bonds. The van der Waals surface area contributed by atoms with Crippen LogP contribution in [-0.2, 0) is 9.53 Å². The number of likely N-dealkylation sites (tertiary alicyclic amines) is 1. The Balaban J connectivity index is 1.21. The molecule has 0 unspecified atom stereocenters.